The molecule has 0 radical (unpaired) electrons. The Morgan fingerprint density at radius 1 is 1.65 bits per heavy atom. The van der Waals surface area contributed by atoms with Crippen LogP contribution in [0.4, 0.5) is 0 Å². The number of carbonyl (C=O) groups excluding carboxylic acids is 1. The predicted octanol–water partition coefficient (Wildman–Crippen LogP) is 0.892. The Kier molecular flexibility index (Phi) is 4.55. The number of rotatable bonds is 4. The standard InChI is InChI=1S/C11H15BrN2O2S/c12-10-2-1-8(17-10)3-4-13-11(16)9-5-7(15)6-14-9/h1-2,7,9,14-15H,3-6H2,(H,13,16). The van der Waals surface area contributed by atoms with Crippen LogP contribution in [0.1, 0.15) is 11.3 Å². The summed E-state index contributed by atoms with van der Waals surface area (Å²) in [6, 6.07) is 3.83. The van der Waals surface area contributed by atoms with Crippen LogP contribution in [0.5, 0.6) is 0 Å². The highest BCUT2D eigenvalue weighted by Crippen LogP contribution is 2.22. The molecule has 1 fully saturated rings. The molecule has 94 valence electrons. The lowest BCUT2D eigenvalue weighted by molar-refractivity contribution is -0.122. The van der Waals surface area contributed by atoms with Crippen LogP contribution >= 0.6 is 27.3 Å². The summed E-state index contributed by atoms with van der Waals surface area (Å²) in [6.07, 6.45) is 0.965. The lowest BCUT2D eigenvalue weighted by Crippen LogP contribution is -2.41. The average molecular weight is 319 g/mol. The second-order valence-corrected chi connectivity index (χ2v) is 6.64. The molecule has 1 aromatic heterocycles. The van der Waals surface area contributed by atoms with E-state index in [0.29, 0.717) is 19.5 Å². The number of nitrogens with one attached hydrogen (secondary N) is 2. The van der Waals surface area contributed by atoms with Gasteiger partial charge in [0.05, 0.1) is 15.9 Å². The lowest BCUT2D eigenvalue weighted by Gasteiger charge is -2.10. The fraction of sp³-hybridized carbons (Fsp3) is 0.545. The lowest BCUT2D eigenvalue weighted by atomic mass is 10.2. The van der Waals surface area contributed by atoms with Gasteiger partial charge in [0.2, 0.25) is 5.91 Å². The fourth-order valence-corrected chi connectivity index (χ4v) is 3.32. The van der Waals surface area contributed by atoms with Gasteiger partial charge >= 0.3 is 0 Å². The van der Waals surface area contributed by atoms with Gasteiger partial charge in [-0.15, -0.1) is 11.3 Å². The summed E-state index contributed by atoms with van der Waals surface area (Å²) < 4.78 is 1.11. The first-order valence-electron chi connectivity index (χ1n) is 5.58. The Labute approximate surface area is 113 Å². The minimum Gasteiger partial charge on any atom is -0.392 e. The van der Waals surface area contributed by atoms with Crippen LogP contribution in [-0.4, -0.2) is 36.2 Å². The second kappa shape index (κ2) is 5.95. The van der Waals surface area contributed by atoms with E-state index in [-0.39, 0.29) is 18.1 Å². The van der Waals surface area contributed by atoms with Crippen LogP contribution in [0.15, 0.2) is 15.9 Å². The zero-order valence-electron chi connectivity index (χ0n) is 9.28. The fourth-order valence-electron chi connectivity index (χ4n) is 1.83. The molecule has 0 saturated carbocycles. The molecule has 0 aliphatic carbocycles. The van der Waals surface area contributed by atoms with Gasteiger partial charge in [0, 0.05) is 18.0 Å². The highest BCUT2D eigenvalue weighted by molar-refractivity contribution is 9.11. The topological polar surface area (TPSA) is 61.4 Å². The van der Waals surface area contributed by atoms with E-state index >= 15 is 0 Å². The van der Waals surface area contributed by atoms with Crippen molar-refractivity contribution < 1.29 is 9.90 Å². The maximum atomic E-state index is 11.7. The molecule has 4 nitrogen and oxygen atoms in total. The number of halogens is 1. The molecule has 1 aliphatic heterocycles. The summed E-state index contributed by atoms with van der Waals surface area (Å²) in [5, 5.41) is 15.2. The molecule has 2 rings (SSSR count). The van der Waals surface area contributed by atoms with Crippen molar-refractivity contribution in [3.8, 4) is 0 Å². The number of aliphatic hydroxyl groups excluding tert-OH is 1. The second-order valence-electron chi connectivity index (χ2n) is 4.10. The largest absolute Gasteiger partial charge is 0.392 e. The molecular formula is C11H15BrN2O2S. The van der Waals surface area contributed by atoms with Crippen LogP contribution in [0.3, 0.4) is 0 Å². The first-order chi connectivity index (χ1) is 8.15. The summed E-state index contributed by atoms with van der Waals surface area (Å²) in [7, 11) is 0. The van der Waals surface area contributed by atoms with Gasteiger partial charge in [-0.3, -0.25) is 4.79 Å². The van der Waals surface area contributed by atoms with Crippen LogP contribution in [0, 0.1) is 0 Å². The Morgan fingerprint density at radius 3 is 3.06 bits per heavy atom. The van der Waals surface area contributed by atoms with Gasteiger partial charge in [-0.2, -0.15) is 0 Å². The SMILES string of the molecule is O=C(NCCc1ccc(Br)s1)C1CC(O)CN1. The van der Waals surface area contributed by atoms with Gasteiger partial charge in [-0.05, 0) is 40.9 Å². The average Bonchev–Trinajstić information content (AvgIpc) is 2.88. The molecule has 2 heterocycles. The van der Waals surface area contributed by atoms with E-state index in [1.807, 2.05) is 6.07 Å². The van der Waals surface area contributed by atoms with E-state index in [1.165, 1.54) is 4.88 Å². The number of hydrogen-bond donors (Lipinski definition) is 3. The summed E-state index contributed by atoms with van der Waals surface area (Å²) in [5.74, 6) is -0.0165. The van der Waals surface area contributed by atoms with Gasteiger partial charge < -0.3 is 15.7 Å². The highest BCUT2D eigenvalue weighted by Gasteiger charge is 2.27. The number of amides is 1. The third-order valence-electron chi connectivity index (χ3n) is 2.72. The maximum absolute atomic E-state index is 11.7. The summed E-state index contributed by atoms with van der Waals surface area (Å²) in [5.41, 5.74) is 0. The minimum atomic E-state index is -0.390. The zero-order valence-corrected chi connectivity index (χ0v) is 11.7. The monoisotopic (exact) mass is 318 g/mol. The molecule has 1 amide bonds. The molecule has 1 saturated heterocycles. The summed E-state index contributed by atoms with van der Waals surface area (Å²) >= 11 is 5.09. The molecule has 1 aliphatic rings. The zero-order chi connectivity index (χ0) is 12.3. The van der Waals surface area contributed by atoms with Crippen molar-refractivity contribution in [1.82, 2.24) is 10.6 Å². The van der Waals surface area contributed by atoms with Crippen LogP contribution in [-0.2, 0) is 11.2 Å². The van der Waals surface area contributed by atoms with E-state index < -0.39 is 0 Å². The van der Waals surface area contributed by atoms with E-state index in [4.69, 9.17) is 0 Å². The number of aliphatic hydroxyl groups is 1. The van der Waals surface area contributed by atoms with Crippen molar-refractivity contribution in [2.24, 2.45) is 0 Å². The molecule has 17 heavy (non-hydrogen) atoms. The smallest absolute Gasteiger partial charge is 0.237 e. The van der Waals surface area contributed by atoms with Crippen LogP contribution in [0.2, 0.25) is 0 Å². The van der Waals surface area contributed by atoms with Crippen molar-refractivity contribution in [1.29, 1.82) is 0 Å². The van der Waals surface area contributed by atoms with Gasteiger partial charge in [-0.25, -0.2) is 0 Å². The van der Waals surface area contributed by atoms with E-state index in [9.17, 15) is 9.90 Å². The first-order valence-corrected chi connectivity index (χ1v) is 7.19. The molecule has 0 aromatic carbocycles. The van der Waals surface area contributed by atoms with Crippen LogP contribution in [0.25, 0.3) is 0 Å². The third-order valence-corrected chi connectivity index (χ3v) is 4.41. The number of β-amino-alcohol motifs (C(OH)–C–C–N with tert-alkyl or cyclic N) is 1. The maximum Gasteiger partial charge on any atom is 0.237 e. The molecule has 6 heteroatoms. The minimum absolute atomic E-state index is 0.0165. The van der Waals surface area contributed by atoms with Crippen molar-refractivity contribution >= 4 is 33.2 Å². The molecule has 3 N–H and O–H groups in total. The van der Waals surface area contributed by atoms with Gasteiger partial charge in [0.15, 0.2) is 0 Å². The Morgan fingerprint density at radius 2 is 2.47 bits per heavy atom. The normalized spacial score (nSPS) is 23.9. The summed E-state index contributed by atoms with van der Waals surface area (Å²) in [6.45, 7) is 1.15. The molecule has 0 spiro atoms. The number of hydrogen-bond acceptors (Lipinski definition) is 4. The van der Waals surface area contributed by atoms with Gasteiger partial charge in [0.25, 0.3) is 0 Å². The van der Waals surface area contributed by atoms with E-state index in [0.717, 1.165) is 10.2 Å². The van der Waals surface area contributed by atoms with Gasteiger partial charge in [-0.1, -0.05) is 0 Å². The highest BCUT2D eigenvalue weighted by atomic mass is 79.9. The van der Waals surface area contributed by atoms with Crippen molar-refractivity contribution in [3.63, 3.8) is 0 Å². The molecular weight excluding hydrogens is 304 g/mol. The van der Waals surface area contributed by atoms with Crippen molar-refractivity contribution in [2.45, 2.75) is 25.0 Å². The molecule has 0 bridgehead atoms. The number of carbonyl (C=O) groups is 1. The van der Waals surface area contributed by atoms with Crippen LogP contribution < -0.4 is 10.6 Å². The Balaban J connectivity index is 1.70. The molecule has 2 unspecified atom stereocenters. The Bertz CT molecular complexity index is 397. The van der Waals surface area contributed by atoms with E-state index in [1.54, 1.807) is 11.3 Å². The molecule has 2 atom stereocenters. The number of thiophene rings is 1. The van der Waals surface area contributed by atoms with Gasteiger partial charge in [0.1, 0.15) is 0 Å². The van der Waals surface area contributed by atoms with Crippen molar-refractivity contribution in [2.75, 3.05) is 13.1 Å². The first kappa shape index (κ1) is 13.0. The predicted molar refractivity (Wildman–Crippen MR) is 71.1 cm³/mol. The third kappa shape index (κ3) is 3.77. The summed E-state index contributed by atoms with van der Waals surface area (Å²) in [4.78, 5) is 12.9. The quantitative estimate of drug-likeness (QED) is 0.772. The molecule has 1 aromatic rings. The van der Waals surface area contributed by atoms with E-state index in [2.05, 4.69) is 32.6 Å². The van der Waals surface area contributed by atoms with Crippen molar-refractivity contribution in [3.05, 3.63) is 20.8 Å². The Hall–Kier alpha value is -0.430.